The van der Waals surface area contributed by atoms with Gasteiger partial charge in [-0.1, -0.05) is 11.6 Å². The zero-order valence-electron chi connectivity index (χ0n) is 8.67. The molecule has 92 valence electrons. The third-order valence-corrected chi connectivity index (χ3v) is 2.00. The second-order valence-corrected chi connectivity index (χ2v) is 3.61. The van der Waals surface area contributed by atoms with Crippen LogP contribution in [0.1, 0.15) is 0 Å². The molecule has 0 spiro atoms. The van der Waals surface area contributed by atoms with Gasteiger partial charge in [0.2, 0.25) is 5.91 Å². The lowest BCUT2D eigenvalue weighted by Gasteiger charge is -2.06. The van der Waals surface area contributed by atoms with E-state index in [-0.39, 0.29) is 23.8 Å². The highest BCUT2D eigenvalue weighted by atomic mass is 35.5. The molecular weight excluding hydrogens is 251 g/mol. The van der Waals surface area contributed by atoms with Gasteiger partial charge in [-0.15, -0.1) is 0 Å². The molecule has 0 saturated heterocycles. The second-order valence-electron chi connectivity index (χ2n) is 3.17. The van der Waals surface area contributed by atoms with Gasteiger partial charge in [-0.3, -0.25) is 14.9 Å². The number of carboxylic acid groups (broad SMARTS) is 1. The largest absolute Gasteiger partial charge is 0.480 e. The summed E-state index contributed by atoms with van der Waals surface area (Å²) in [6, 6.07) is 3.83. The molecule has 3 N–H and O–H groups in total. The maximum Gasteiger partial charge on any atom is 0.317 e. The summed E-state index contributed by atoms with van der Waals surface area (Å²) in [6.45, 7) is -0.551. The van der Waals surface area contributed by atoms with E-state index in [0.717, 1.165) is 6.07 Å². The Hall–Kier alpha value is -1.66. The van der Waals surface area contributed by atoms with Crippen LogP contribution in [0.5, 0.6) is 0 Å². The van der Waals surface area contributed by atoms with Crippen molar-refractivity contribution in [2.24, 2.45) is 0 Å². The first-order valence-electron chi connectivity index (χ1n) is 4.66. The number of nitrogens with one attached hydrogen (secondary N) is 2. The summed E-state index contributed by atoms with van der Waals surface area (Å²) in [4.78, 5) is 21.4. The lowest BCUT2D eigenvalue weighted by atomic mass is 10.3. The first-order valence-corrected chi connectivity index (χ1v) is 5.04. The van der Waals surface area contributed by atoms with E-state index in [4.69, 9.17) is 16.7 Å². The molecule has 5 nitrogen and oxygen atoms in total. The number of benzene rings is 1. The SMILES string of the molecule is O=C(O)CNCC(=O)Nc1ccc(Cl)cc1F. The van der Waals surface area contributed by atoms with Gasteiger partial charge in [0.05, 0.1) is 18.8 Å². The van der Waals surface area contributed by atoms with Crippen LogP contribution in [-0.4, -0.2) is 30.1 Å². The molecule has 0 saturated carbocycles. The zero-order chi connectivity index (χ0) is 12.8. The van der Waals surface area contributed by atoms with Crippen molar-refractivity contribution in [2.45, 2.75) is 0 Å². The van der Waals surface area contributed by atoms with Crippen LogP contribution in [0.4, 0.5) is 10.1 Å². The van der Waals surface area contributed by atoms with E-state index in [9.17, 15) is 14.0 Å². The van der Waals surface area contributed by atoms with Gasteiger partial charge < -0.3 is 10.4 Å². The van der Waals surface area contributed by atoms with E-state index in [1.165, 1.54) is 12.1 Å². The number of carbonyl (C=O) groups is 2. The summed E-state index contributed by atoms with van der Waals surface area (Å²) in [5.41, 5.74) is -0.00322. The van der Waals surface area contributed by atoms with Crippen LogP contribution in [-0.2, 0) is 9.59 Å². The van der Waals surface area contributed by atoms with Crippen LogP contribution in [0.15, 0.2) is 18.2 Å². The van der Waals surface area contributed by atoms with Crippen molar-refractivity contribution in [3.63, 3.8) is 0 Å². The fourth-order valence-corrected chi connectivity index (χ4v) is 1.23. The van der Waals surface area contributed by atoms with E-state index in [1.54, 1.807) is 0 Å². The minimum Gasteiger partial charge on any atom is -0.480 e. The minimum atomic E-state index is -1.07. The Labute approximate surface area is 102 Å². The fourth-order valence-electron chi connectivity index (χ4n) is 1.07. The molecular formula is C10H10ClFN2O3. The number of aliphatic carboxylic acids is 1. The van der Waals surface area contributed by atoms with Gasteiger partial charge in [0.25, 0.3) is 0 Å². The molecule has 0 atom stereocenters. The van der Waals surface area contributed by atoms with Gasteiger partial charge in [-0.05, 0) is 18.2 Å². The highest BCUT2D eigenvalue weighted by molar-refractivity contribution is 6.30. The molecule has 17 heavy (non-hydrogen) atoms. The summed E-state index contributed by atoms with van der Waals surface area (Å²) in [7, 11) is 0. The average Bonchev–Trinajstić information content (AvgIpc) is 2.21. The normalized spacial score (nSPS) is 10.0. The molecule has 0 aliphatic carbocycles. The Kier molecular flexibility index (Phi) is 4.86. The van der Waals surface area contributed by atoms with Crippen molar-refractivity contribution in [2.75, 3.05) is 18.4 Å². The van der Waals surface area contributed by atoms with Crippen molar-refractivity contribution in [1.29, 1.82) is 0 Å². The number of hydrogen-bond acceptors (Lipinski definition) is 3. The number of halogens is 2. The average molecular weight is 261 g/mol. The number of rotatable bonds is 5. The van der Waals surface area contributed by atoms with Crippen molar-refractivity contribution in [3.8, 4) is 0 Å². The molecule has 0 fully saturated rings. The molecule has 1 amide bonds. The number of anilines is 1. The van der Waals surface area contributed by atoms with Gasteiger partial charge in [0.15, 0.2) is 0 Å². The van der Waals surface area contributed by atoms with Gasteiger partial charge >= 0.3 is 5.97 Å². The quantitative estimate of drug-likeness (QED) is 0.741. The molecule has 0 heterocycles. The monoisotopic (exact) mass is 260 g/mol. The Balaban J connectivity index is 2.48. The Morgan fingerprint density at radius 3 is 2.65 bits per heavy atom. The van der Waals surface area contributed by atoms with Crippen LogP contribution in [0, 0.1) is 5.82 Å². The van der Waals surface area contributed by atoms with Crippen LogP contribution < -0.4 is 10.6 Å². The van der Waals surface area contributed by atoms with Crippen LogP contribution in [0.3, 0.4) is 0 Å². The van der Waals surface area contributed by atoms with Gasteiger partial charge in [-0.25, -0.2) is 4.39 Å². The summed E-state index contributed by atoms with van der Waals surface area (Å²) in [6.07, 6.45) is 0. The van der Waals surface area contributed by atoms with Gasteiger partial charge in [0.1, 0.15) is 5.82 Å². The molecule has 0 bridgehead atoms. The lowest BCUT2D eigenvalue weighted by molar-refractivity contribution is -0.135. The summed E-state index contributed by atoms with van der Waals surface area (Å²) in [5.74, 6) is -2.26. The highest BCUT2D eigenvalue weighted by Crippen LogP contribution is 2.18. The second kappa shape index (κ2) is 6.17. The van der Waals surface area contributed by atoms with E-state index < -0.39 is 17.7 Å². The van der Waals surface area contributed by atoms with Crippen molar-refractivity contribution in [1.82, 2.24) is 5.32 Å². The smallest absolute Gasteiger partial charge is 0.317 e. The molecule has 1 rings (SSSR count). The molecule has 0 aromatic heterocycles. The molecule has 0 aliphatic heterocycles. The number of carboxylic acids is 1. The molecule has 1 aromatic rings. The minimum absolute atomic E-state index is 0.00322. The van der Waals surface area contributed by atoms with Crippen molar-refractivity contribution in [3.05, 3.63) is 29.0 Å². The maximum atomic E-state index is 13.2. The Morgan fingerprint density at radius 1 is 1.35 bits per heavy atom. The van der Waals surface area contributed by atoms with Gasteiger partial charge in [-0.2, -0.15) is 0 Å². The molecule has 7 heteroatoms. The Bertz CT molecular complexity index is 440. The number of carbonyl (C=O) groups excluding carboxylic acids is 1. The third-order valence-electron chi connectivity index (χ3n) is 1.77. The van der Waals surface area contributed by atoms with Gasteiger partial charge in [0, 0.05) is 5.02 Å². The maximum absolute atomic E-state index is 13.2. The van der Waals surface area contributed by atoms with E-state index >= 15 is 0 Å². The topological polar surface area (TPSA) is 78.4 Å². The molecule has 0 aliphatic rings. The number of hydrogen-bond donors (Lipinski definition) is 3. The van der Waals surface area contributed by atoms with E-state index in [2.05, 4.69) is 10.6 Å². The number of amides is 1. The Morgan fingerprint density at radius 2 is 2.06 bits per heavy atom. The highest BCUT2D eigenvalue weighted by Gasteiger charge is 2.07. The summed E-state index contributed by atoms with van der Waals surface area (Å²) < 4.78 is 13.2. The molecule has 0 radical (unpaired) electrons. The third kappa shape index (κ3) is 4.80. The standard InChI is InChI=1S/C10H10ClFN2O3/c11-6-1-2-8(7(12)3-6)14-9(15)4-13-5-10(16)17/h1-3,13H,4-5H2,(H,14,15)(H,16,17). The van der Waals surface area contributed by atoms with Crippen molar-refractivity contribution >= 4 is 29.2 Å². The summed E-state index contributed by atoms with van der Waals surface area (Å²) >= 11 is 5.54. The summed E-state index contributed by atoms with van der Waals surface area (Å²) in [5, 5.41) is 13.2. The lowest BCUT2D eigenvalue weighted by Crippen LogP contribution is -2.32. The van der Waals surface area contributed by atoms with E-state index in [1.807, 2.05) is 0 Å². The zero-order valence-corrected chi connectivity index (χ0v) is 9.42. The predicted molar refractivity (Wildman–Crippen MR) is 60.5 cm³/mol. The molecule has 1 aromatic carbocycles. The van der Waals surface area contributed by atoms with E-state index in [0.29, 0.717) is 0 Å². The first kappa shape index (κ1) is 13.4. The van der Waals surface area contributed by atoms with Crippen LogP contribution >= 0.6 is 11.6 Å². The fraction of sp³-hybridized carbons (Fsp3) is 0.200. The first-order chi connectivity index (χ1) is 7.99. The van der Waals surface area contributed by atoms with Crippen LogP contribution in [0.25, 0.3) is 0 Å². The van der Waals surface area contributed by atoms with Crippen LogP contribution in [0.2, 0.25) is 5.02 Å². The predicted octanol–water partition coefficient (Wildman–Crippen LogP) is 1.09. The van der Waals surface area contributed by atoms with Crippen molar-refractivity contribution < 1.29 is 19.1 Å². The molecule has 0 unspecified atom stereocenters.